The number of anilines is 6. The zero-order chi connectivity index (χ0) is 44.7. The second-order valence-corrected chi connectivity index (χ2v) is 14.0. The summed E-state index contributed by atoms with van der Waals surface area (Å²) < 4.78 is 21.5. The molecule has 0 radical (unpaired) electrons. The van der Waals surface area contributed by atoms with Crippen LogP contribution >= 0.6 is 0 Å². The van der Waals surface area contributed by atoms with Crippen molar-refractivity contribution in [1.29, 1.82) is 0 Å². The van der Waals surface area contributed by atoms with Gasteiger partial charge in [-0.1, -0.05) is 93.1 Å². The smallest absolute Gasteiger partial charge is 0.335 e. The Labute approximate surface area is 373 Å². The highest BCUT2D eigenvalue weighted by atomic mass is 16.5. The second-order valence-electron chi connectivity index (χ2n) is 14.0. The van der Waals surface area contributed by atoms with Crippen LogP contribution in [0.4, 0.5) is 34.1 Å². The lowest BCUT2D eigenvalue weighted by atomic mass is 10.1. The van der Waals surface area contributed by atoms with E-state index in [0.717, 1.165) is 68.5 Å². The van der Waals surface area contributed by atoms with Gasteiger partial charge in [-0.15, -0.1) is 0 Å². The average molecular weight is 841 g/mol. The van der Waals surface area contributed by atoms with E-state index in [1.165, 1.54) is 12.5 Å². The molecule has 0 amide bonds. The first-order chi connectivity index (χ1) is 31.3. The minimum absolute atomic E-state index is 0.426. The predicted octanol–water partition coefficient (Wildman–Crippen LogP) is 14.2. The summed E-state index contributed by atoms with van der Waals surface area (Å²) in [5.74, 6) is 1.18. The van der Waals surface area contributed by atoms with Crippen LogP contribution < -0.4 is 28.7 Å². The fraction of sp³-hybridized carbons (Fsp3) is 0. The summed E-state index contributed by atoms with van der Waals surface area (Å²) in [4.78, 5) is 27.7. The molecule has 7 aromatic carbocycles. The molecule has 0 saturated heterocycles. The molecule has 0 unspecified atom stereocenters. The first-order valence-electron chi connectivity index (χ1n) is 20.2. The van der Waals surface area contributed by atoms with Gasteiger partial charge in [-0.3, -0.25) is 0 Å². The molecule has 0 fully saturated rings. The van der Waals surface area contributed by atoms with E-state index in [1.807, 2.05) is 78.9 Å². The summed E-state index contributed by atoms with van der Waals surface area (Å²) in [6.45, 7) is 14.2. The zero-order valence-electron chi connectivity index (χ0n) is 35.0. The van der Waals surface area contributed by atoms with Crippen molar-refractivity contribution in [3.05, 3.63) is 243 Å². The van der Waals surface area contributed by atoms with E-state index in [4.69, 9.17) is 18.9 Å². The molecule has 7 rings (SSSR count). The molecular weight excluding hydrogens is 797 g/mol. The van der Waals surface area contributed by atoms with Crippen LogP contribution in [0.25, 0.3) is 24.3 Å². The Kier molecular flexibility index (Phi) is 14.2. The predicted molar refractivity (Wildman–Crippen MR) is 260 cm³/mol. The van der Waals surface area contributed by atoms with Gasteiger partial charge in [-0.2, -0.15) is 0 Å². The molecule has 0 aromatic heterocycles. The van der Waals surface area contributed by atoms with Crippen LogP contribution in [0, 0.1) is 0 Å². The van der Waals surface area contributed by atoms with Crippen molar-refractivity contribution in [2.75, 3.05) is 9.80 Å². The first kappa shape index (κ1) is 43.2. The standard InChI is InChI=1S/C56H44N2O6/c1-5-55(59)63-53-36-28-49(29-37-53)57(47-24-32-51(33-25-47)61-7-3)45-20-16-41(17-21-45)12-14-43-10-9-11-44(40-43)15-13-42-18-22-46(23-19-42)58(48-26-34-52(35-27-48)62-8-4)50-30-38-54(39-31-50)64-56(60)6-2/h5-40H,1-4H2. The third-order valence-corrected chi connectivity index (χ3v) is 9.74. The van der Waals surface area contributed by atoms with E-state index in [2.05, 4.69) is 127 Å². The Morgan fingerprint density at radius 1 is 0.359 bits per heavy atom. The summed E-state index contributed by atoms with van der Waals surface area (Å²) in [6.07, 6.45) is 13.4. The lowest BCUT2D eigenvalue weighted by molar-refractivity contribution is -0.129. The van der Waals surface area contributed by atoms with Crippen molar-refractivity contribution in [2.45, 2.75) is 0 Å². The van der Waals surface area contributed by atoms with Gasteiger partial charge in [0.2, 0.25) is 0 Å². The van der Waals surface area contributed by atoms with Crippen LogP contribution in [-0.4, -0.2) is 11.9 Å². The lowest BCUT2D eigenvalue weighted by Gasteiger charge is -2.26. The highest BCUT2D eigenvalue weighted by molar-refractivity contribution is 5.85. The average Bonchev–Trinajstić information content (AvgIpc) is 3.33. The third kappa shape index (κ3) is 11.3. The fourth-order valence-electron chi connectivity index (χ4n) is 6.70. The Hall–Kier alpha value is -8.88. The summed E-state index contributed by atoms with van der Waals surface area (Å²) in [5, 5.41) is 0. The van der Waals surface area contributed by atoms with Crippen molar-refractivity contribution in [3.63, 3.8) is 0 Å². The van der Waals surface area contributed by atoms with Gasteiger partial charge in [-0.05, 0) is 150 Å². The van der Waals surface area contributed by atoms with Crippen molar-refractivity contribution in [2.24, 2.45) is 0 Å². The number of hydrogen-bond acceptors (Lipinski definition) is 8. The molecule has 0 saturated carbocycles. The number of rotatable bonds is 18. The van der Waals surface area contributed by atoms with Crippen LogP contribution in [0.2, 0.25) is 0 Å². The van der Waals surface area contributed by atoms with Gasteiger partial charge in [-0.25, -0.2) is 9.59 Å². The summed E-state index contributed by atoms with van der Waals surface area (Å²) >= 11 is 0. The molecule has 0 atom stereocenters. The number of hydrogen-bond donors (Lipinski definition) is 0. The maximum Gasteiger partial charge on any atom is 0.335 e. The summed E-state index contributed by atoms with van der Waals surface area (Å²) in [5.41, 5.74) is 9.65. The van der Waals surface area contributed by atoms with Gasteiger partial charge in [0, 0.05) is 46.3 Å². The molecule has 314 valence electrons. The lowest BCUT2D eigenvalue weighted by Crippen LogP contribution is -2.10. The largest absolute Gasteiger partial charge is 0.466 e. The minimum atomic E-state index is -0.517. The summed E-state index contributed by atoms with van der Waals surface area (Å²) in [7, 11) is 0. The number of carbonyl (C=O) groups excluding carboxylic acids is 2. The zero-order valence-corrected chi connectivity index (χ0v) is 35.0. The number of nitrogens with zero attached hydrogens (tertiary/aromatic N) is 2. The number of ether oxygens (including phenoxy) is 4. The Morgan fingerprint density at radius 2 is 0.641 bits per heavy atom. The maximum absolute atomic E-state index is 11.8. The third-order valence-electron chi connectivity index (χ3n) is 9.74. The van der Waals surface area contributed by atoms with E-state index in [1.54, 1.807) is 24.3 Å². The number of carbonyl (C=O) groups is 2. The summed E-state index contributed by atoms with van der Waals surface area (Å²) in [6, 6.07) is 54.9. The van der Waals surface area contributed by atoms with E-state index in [-0.39, 0.29) is 0 Å². The van der Waals surface area contributed by atoms with Crippen LogP contribution in [0.1, 0.15) is 22.3 Å². The monoisotopic (exact) mass is 840 g/mol. The van der Waals surface area contributed by atoms with Crippen molar-refractivity contribution >= 4 is 70.4 Å². The molecule has 0 aliphatic rings. The second kappa shape index (κ2) is 21.1. The Morgan fingerprint density at radius 3 is 0.938 bits per heavy atom. The molecule has 64 heavy (non-hydrogen) atoms. The van der Waals surface area contributed by atoms with Crippen molar-refractivity contribution < 1.29 is 28.5 Å². The SMILES string of the molecule is C=COc1ccc(N(c2ccc(C=Cc3cccc(C=Cc4ccc(N(c5ccc(OC=C)cc5)c5ccc(OC(=O)C=C)cc5)cc4)c3)cc2)c2ccc(OC(=O)C=C)cc2)cc1. The number of benzene rings is 7. The van der Waals surface area contributed by atoms with Crippen molar-refractivity contribution in [3.8, 4) is 23.0 Å². The van der Waals surface area contributed by atoms with Gasteiger partial charge in [0.25, 0.3) is 0 Å². The molecule has 0 aliphatic heterocycles. The molecular formula is C56H44N2O6. The Balaban J connectivity index is 1.06. The molecule has 0 spiro atoms. The van der Waals surface area contributed by atoms with E-state index >= 15 is 0 Å². The molecule has 8 heteroatoms. The molecule has 0 N–H and O–H groups in total. The normalized spacial score (nSPS) is 10.8. The van der Waals surface area contributed by atoms with Crippen LogP contribution in [0.3, 0.4) is 0 Å². The van der Waals surface area contributed by atoms with E-state index in [0.29, 0.717) is 23.0 Å². The van der Waals surface area contributed by atoms with Crippen LogP contribution in [0.5, 0.6) is 23.0 Å². The minimum Gasteiger partial charge on any atom is -0.466 e. The quantitative estimate of drug-likeness (QED) is 0.0278. The van der Waals surface area contributed by atoms with E-state index < -0.39 is 11.9 Å². The molecule has 7 aromatic rings. The molecule has 0 bridgehead atoms. The Bertz CT molecular complexity index is 2600. The highest BCUT2D eigenvalue weighted by Crippen LogP contribution is 2.38. The van der Waals surface area contributed by atoms with Gasteiger partial charge in [0.15, 0.2) is 0 Å². The van der Waals surface area contributed by atoms with Gasteiger partial charge >= 0.3 is 11.9 Å². The maximum atomic E-state index is 11.8. The first-order valence-corrected chi connectivity index (χ1v) is 20.2. The van der Waals surface area contributed by atoms with Crippen LogP contribution in [0.15, 0.2) is 221 Å². The molecule has 0 aliphatic carbocycles. The van der Waals surface area contributed by atoms with Crippen LogP contribution in [-0.2, 0) is 9.59 Å². The fourth-order valence-corrected chi connectivity index (χ4v) is 6.70. The highest BCUT2D eigenvalue weighted by Gasteiger charge is 2.15. The van der Waals surface area contributed by atoms with Gasteiger partial charge in [0.1, 0.15) is 23.0 Å². The number of esters is 2. The molecule has 8 nitrogen and oxygen atoms in total. The topological polar surface area (TPSA) is 77.5 Å². The van der Waals surface area contributed by atoms with Gasteiger partial charge in [0.05, 0.1) is 12.5 Å². The van der Waals surface area contributed by atoms with Gasteiger partial charge < -0.3 is 28.7 Å². The van der Waals surface area contributed by atoms with Crippen molar-refractivity contribution in [1.82, 2.24) is 0 Å². The molecule has 0 heterocycles. The van der Waals surface area contributed by atoms with E-state index in [9.17, 15) is 9.59 Å².